The molecule has 0 aromatic rings. The molecule has 0 spiro atoms. The van der Waals surface area contributed by atoms with Crippen LogP contribution in [0.5, 0.6) is 0 Å². The van der Waals surface area contributed by atoms with Crippen LogP contribution in [0.25, 0.3) is 0 Å². The van der Waals surface area contributed by atoms with Crippen molar-refractivity contribution in [2.45, 2.75) is 36.9 Å². The van der Waals surface area contributed by atoms with Gasteiger partial charge in [-0.25, -0.2) is 0 Å². The quantitative estimate of drug-likeness (QED) is 0.456. The molecular formula is C6H12O2PS3+. The second kappa shape index (κ2) is 4.09. The van der Waals surface area contributed by atoms with Crippen molar-refractivity contribution < 1.29 is 9.09 Å². The molecule has 0 aromatic heterocycles. The van der Waals surface area contributed by atoms with Crippen LogP contribution in [0.3, 0.4) is 0 Å². The van der Waals surface area contributed by atoms with E-state index in [0.29, 0.717) is 5.25 Å². The third kappa shape index (κ3) is 2.55. The highest BCUT2D eigenvalue weighted by Gasteiger charge is 2.47. The normalized spacial score (nSPS) is 35.2. The van der Waals surface area contributed by atoms with Gasteiger partial charge in [-0.15, -0.1) is 4.52 Å². The van der Waals surface area contributed by atoms with Crippen LogP contribution in [0.1, 0.15) is 20.8 Å². The summed E-state index contributed by atoms with van der Waals surface area (Å²) in [5.74, 6) is 0. The lowest BCUT2D eigenvalue weighted by Crippen LogP contribution is -2.34. The Morgan fingerprint density at radius 2 is 2.17 bits per heavy atom. The van der Waals surface area contributed by atoms with Gasteiger partial charge in [0, 0.05) is 5.25 Å². The minimum absolute atomic E-state index is 0.0358. The fraction of sp³-hybridized carbons (Fsp3) is 1.00. The van der Waals surface area contributed by atoms with E-state index >= 15 is 0 Å². The van der Waals surface area contributed by atoms with Gasteiger partial charge in [0.15, 0.2) is 0 Å². The van der Waals surface area contributed by atoms with Crippen LogP contribution in [-0.4, -0.2) is 16.1 Å². The van der Waals surface area contributed by atoms with Crippen LogP contribution in [-0.2, 0) is 9.09 Å². The third-order valence-corrected chi connectivity index (χ3v) is 6.22. The summed E-state index contributed by atoms with van der Waals surface area (Å²) in [4.78, 5) is 0. The van der Waals surface area contributed by atoms with Gasteiger partial charge in [-0.05, 0) is 25.3 Å². The molecule has 1 aliphatic rings. The van der Waals surface area contributed by atoms with E-state index in [1.54, 1.807) is 21.6 Å². The molecule has 6 heteroatoms. The fourth-order valence-corrected chi connectivity index (χ4v) is 5.39. The van der Waals surface area contributed by atoms with Crippen LogP contribution in [0.4, 0.5) is 0 Å². The Morgan fingerprint density at radius 1 is 1.58 bits per heavy atom. The van der Waals surface area contributed by atoms with Gasteiger partial charge in [0.25, 0.3) is 0 Å². The van der Waals surface area contributed by atoms with Gasteiger partial charge >= 0.3 is 7.23 Å². The summed E-state index contributed by atoms with van der Waals surface area (Å²) in [6, 6.07) is 0. The van der Waals surface area contributed by atoms with Crippen molar-refractivity contribution in [2.24, 2.45) is 0 Å². The van der Waals surface area contributed by atoms with E-state index in [0.717, 1.165) is 0 Å². The molecule has 70 valence electrons. The Bertz CT molecular complexity index is 197. The summed E-state index contributed by atoms with van der Waals surface area (Å²) >= 11 is 3.76. The third-order valence-electron chi connectivity index (χ3n) is 1.73. The van der Waals surface area contributed by atoms with Crippen molar-refractivity contribution in [1.29, 1.82) is 0 Å². The maximum absolute atomic E-state index is 10.8. The largest absolute Gasteiger partial charge is 0.582 e. The van der Waals surface area contributed by atoms with Gasteiger partial charge in [-0.3, -0.25) is 0 Å². The summed E-state index contributed by atoms with van der Waals surface area (Å²) in [6.45, 7) is 6.29. The molecule has 2 nitrogen and oxygen atoms in total. The maximum Gasteiger partial charge on any atom is 0.582 e. The minimum atomic E-state index is -1.78. The summed E-state index contributed by atoms with van der Waals surface area (Å²) in [5.41, 5.74) is 0. The standard InChI is InChI=1S/C6H11O2PS3/c1-4-5(8-9(7)10)6(2,3)12-11-4/h4-5H,1-3H3/p+1/t4-,5-/m0/s1. The summed E-state index contributed by atoms with van der Waals surface area (Å²) in [7, 11) is 1.79. The average molecular weight is 243 g/mol. The Morgan fingerprint density at radius 3 is 2.50 bits per heavy atom. The molecule has 0 N–H and O–H groups in total. The lowest BCUT2D eigenvalue weighted by Gasteiger charge is -2.20. The highest BCUT2D eigenvalue weighted by molar-refractivity contribution is 8.77. The Kier molecular flexibility index (Phi) is 3.82. The minimum Gasteiger partial charge on any atom is -0.130 e. The molecule has 0 bridgehead atoms. The topological polar surface area (TPSA) is 26.3 Å². The van der Waals surface area contributed by atoms with Crippen LogP contribution in [0.15, 0.2) is 0 Å². The summed E-state index contributed by atoms with van der Waals surface area (Å²) in [5, 5.41) is 0.385. The van der Waals surface area contributed by atoms with Gasteiger partial charge in [0.05, 0.1) is 4.75 Å². The van der Waals surface area contributed by atoms with E-state index in [2.05, 4.69) is 33.0 Å². The second-order valence-corrected chi connectivity index (χ2v) is 8.15. The predicted octanol–water partition coefficient (Wildman–Crippen LogP) is 3.52. The average Bonchev–Trinajstić information content (AvgIpc) is 2.15. The van der Waals surface area contributed by atoms with Gasteiger partial charge in [-0.1, -0.05) is 21.6 Å². The van der Waals surface area contributed by atoms with Gasteiger partial charge in [-0.2, -0.15) is 0 Å². The molecule has 1 aliphatic heterocycles. The maximum atomic E-state index is 10.8. The van der Waals surface area contributed by atoms with Crippen molar-refractivity contribution >= 4 is 41.1 Å². The first kappa shape index (κ1) is 11.2. The zero-order valence-electron chi connectivity index (χ0n) is 7.18. The number of thiol groups is 1. The summed E-state index contributed by atoms with van der Waals surface area (Å²) in [6.07, 6.45) is 0.0358. The molecule has 0 saturated carbocycles. The molecule has 1 heterocycles. The highest BCUT2D eigenvalue weighted by Crippen LogP contribution is 2.54. The van der Waals surface area contributed by atoms with E-state index < -0.39 is 7.23 Å². The first-order valence-electron chi connectivity index (χ1n) is 3.61. The Labute approximate surface area is 87.0 Å². The van der Waals surface area contributed by atoms with Gasteiger partial charge in [0.2, 0.25) is 0 Å². The monoisotopic (exact) mass is 243 g/mol. The molecule has 3 atom stereocenters. The van der Waals surface area contributed by atoms with Crippen LogP contribution in [0, 0.1) is 0 Å². The van der Waals surface area contributed by atoms with Gasteiger partial charge < -0.3 is 0 Å². The molecule has 1 saturated heterocycles. The first-order valence-corrected chi connectivity index (χ1v) is 8.15. The van der Waals surface area contributed by atoms with Gasteiger partial charge in [0.1, 0.15) is 18.4 Å². The zero-order chi connectivity index (χ0) is 9.35. The van der Waals surface area contributed by atoms with Crippen molar-refractivity contribution in [3.8, 4) is 0 Å². The molecular weight excluding hydrogens is 231 g/mol. The lowest BCUT2D eigenvalue weighted by molar-refractivity contribution is 0.191. The molecule has 0 radical (unpaired) electrons. The van der Waals surface area contributed by atoms with Crippen LogP contribution in [0.2, 0.25) is 0 Å². The van der Waals surface area contributed by atoms with Crippen molar-refractivity contribution in [3.05, 3.63) is 0 Å². The number of rotatable bonds is 2. The Hall–Kier alpha value is 1.11. The van der Waals surface area contributed by atoms with E-state index in [-0.39, 0.29) is 10.9 Å². The molecule has 1 rings (SSSR count). The molecule has 0 amide bonds. The SMILES string of the molecule is C[C@@H]1SSC(C)(C)[C@H]1O[P+](=O)S. The van der Waals surface area contributed by atoms with E-state index in [9.17, 15) is 4.57 Å². The molecule has 1 fully saturated rings. The van der Waals surface area contributed by atoms with Crippen LogP contribution < -0.4 is 0 Å². The summed E-state index contributed by atoms with van der Waals surface area (Å²) < 4.78 is 16.1. The zero-order valence-corrected chi connectivity index (χ0v) is 10.6. The van der Waals surface area contributed by atoms with Crippen molar-refractivity contribution in [2.75, 3.05) is 0 Å². The lowest BCUT2D eigenvalue weighted by atomic mass is 10.0. The number of hydrogen-bond donors (Lipinski definition) is 1. The molecule has 12 heavy (non-hydrogen) atoms. The Balaban J connectivity index is 2.65. The van der Waals surface area contributed by atoms with Crippen molar-refractivity contribution in [1.82, 2.24) is 0 Å². The van der Waals surface area contributed by atoms with E-state index in [4.69, 9.17) is 4.52 Å². The highest BCUT2D eigenvalue weighted by atomic mass is 33.1. The smallest absolute Gasteiger partial charge is 0.130 e. The van der Waals surface area contributed by atoms with E-state index in [1.807, 2.05) is 0 Å². The number of hydrogen-bond acceptors (Lipinski definition) is 4. The van der Waals surface area contributed by atoms with E-state index in [1.165, 1.54) is 0 Å². The fourth-order valence-electron chi connectivity index (χ4n) is 1.17. The molecule has 0 aliphatic carbocycles. The predicted molar refractivity (Wildman–Crippen MR) is 60.2 cm³/mol. The molecule has 1 unspecified atom stereocenters. The first-order chi connectivity index (χ1) is 5.43. The van der Waals surface area contributed by atoms with Crippen molar-refractivity contribution in [3.63, 3.8) is 0 Å². The van der Waals surface area contributed by atoms with Crippen LogP contribution >= 0.6 is 41.1 Å². The second-order valence-electron chi connectivity index (χ2n) is 3.25. The molecule has 0 aromatic carbocycles.